The van der Waals surface area contributed by atoms with Gasteiger partial charge in [0.15, 0.2) is 0 Å². The molecule has 18 heavy (non-hydrogen) atoms. The number of aliphatic hydroxyl groups excluding tert-OH is 1. The van der Waals surface area contributed by atoms with Gasteiger partial charge >= 0.3 is 6.03 Å². The molecule has 1 fully saturated rings. The smallest absolute Gasteiger partial charge is 0.317 e. The highest BCUT2D eigenvalue weighted by Gasteiger charge is 2.21. The SMILES string of the molecule is CN(CC1CCC1)C(=O)NCCCC(C)(C)CO. The van der Waals surface area contributed by atoms with Crippen molar-refractivity contribution in [3.8, 4) is 0 Å². The van der Waals surface area contributed by atoms with E-state index in [-0.39, 0.29) is 18.1 Å². The molecule has 2 amide bonds. The van der Waals surface area contributed by atoms with E-state index in [2.05, 4.69) is 5.32 Å². The summed E-state index contributed by atoms with van der Waals surface area (Å²) in [7, 11) is 1.87. The number of carbonyl (C=O) groups is 1. The van der Waals surface area contributed by atoms with Crippen LogP contribution in [0, 0.1) is 11.3 Å². The maximum Gasteiger partial charge on any atom is 0.317 e. The van der Waals surface area contributed by atoms with Crippen LogP contribution in [0.3, 0.4) is 0 Å². The van der Waals surface area contributed by atoms with E-state index >= 15 is 0 Å². The molecule has 0 saturated heterocycles. The molecule has 0 aromatic carbocycles. The second kappa shape index (κ2) is 6.98. The van der Waals surface area contributed by atoms with Gasteiger partial charge in [-0.15, -0.1) is 0 Å². The van der Waals surface area contributed by atoms with Crippen molar-refractivity contribution < 1.29 is 9.90 Å². The molecular formula is C14H28N2O2. The Labute approximate surface area is 111 Å². The van der Waals surface area contributed by atoms with Crippen molar-refractivity contribution in [2.24, 2.45) is 11.3 Å². The normalized spacial score (nSPS) is 16.2. The summed E-state index contributed by atoms with van der Waals surface area (Å²) in [6.07, 6.45) is 5.69. The van der Waals surface area contributed by atoms with Gasteiger partial charge in [0.1, 0.15) is 0 Å². The van der Waals surface area contributed by atoms with Crippen molar-refractivity contribution in [3.05, 3.63) is 0 Å². The molecule has 1 saturated carbocycles. The van der Waals surface area contributed by atoms with Gasteiger partial charge in [0, 0.05) is 26.7 Å². The number of aliphatic hydroxyl groups is 1. The van der Waals surface area contributed by atoms with E-state index in [9.17, 15) is 4.79 Å². The van der Waals surface area contributed by atoms with Crippen LogP contribution in [-0.2, 0) is 0 Å². The molecule has 1 aliphatic rings. The van der Waals surface area contributed by atoms with Gasteiger partial charge in [0.2, 0.25) is 0 Å². The van der Waals surface area contributed by atoms with Crippen molar-refractivity contribution in [1.29, 1.82) is 0 Å². The van der Waals surface area contributed by atoms with Gasteiger partial charge in [-0.05, 0) is 37.0 Å². The molecular weight excluding hydrogens is 228 g/mol. The van der Waals surface area contributed by atoms with E-state index in [4.69, 9.17) is 5.11 Å². The molecule has 0 bridgehead atoms. The van der Waals surface area contributed by atoms with Gasteiger partial charge < -0.3 is 15.3 Å². The Morgan fingerprint density at radius 1 is 1.44 bits per heavy atom. The largest absolute Gasteiger partial charge is 0.396 e. The number of nitrogens with one attached hydrogen (secondary N) is 1. The third kappa shape index (κ3) is 5.25. The second-order valence-electron chi connectivity index (χ2n) is 6.34. The van der Waals surface area contributed by atoms with Crippen molar-refractivity contribution in [2.45, 2.75) is 46.0 Å². The van der Waals surface area contributed by atoms with Crippen LogP contribution in [0.2, 0.25) is 0 Å². The quantitative estimate of drug-likeness (QED) is 0.686. The lowest BCUT2D eigenvalue weighted by molar-refractivity contribution is 0.147. The van der Waals surface area contributed by atoms with Crippen LogP contribution < -0.4 is 5.32 Å². The van der Waals surface area contributed by atoms with Gasteiger partial charge in [-0.1, -0.05) is 20.3 Å². The zero-order valence-corrected chi connectivity index (χ0v) is 12.0. The number of hydrogen-bond donors (Lipinski definition) is 2. The fourth-order valence-electron chi connectivity index (χ4n) is 2.12. The lowest BCUT2D eigenvalue weighted by atomic mass is 9.85. The average Bonchev–Trinajstić information content (AvgIpc) is 2.28. The van der Waals surface area contributed by atoms with E-state index in [1.54, 1.807) is 4.90 Å². The minimum atomic E-state index is -0.0391. The summed E-state index contributed by atoms with van der Waals surface area (Å²) < 4.78 is 0. The number of carbonyl (C=O) groups excluding carboxylic acids is 1. The Balaban J connectivity index is 2.08. The Morgan fingerprint density at radius 2 is 2.11 bits per heavy atom. The molecule has 0 aliphatic heterocycles. The molecule has 0 radical (unpaired) electrons. The second-order valence-corrected chi connectivity index (χ2v) is 6.34. The summed E-state index contributed by atoms with van der Waals surface area (Å²) in [5, 5.41) is 12.1. The molecule has 1 rings (SSSR count). The fraction of sp³-hybridized carbons (Fsp3) is 0.929. The van der Waals surface area contributed by atoms with E-state index in [0.29, 0.717) is 12.5 Å². The molecule has 0 atom stereocenters. The molecule has 0 aromatic rings. The summed E-state index contributed by atoms with van der Waals surface area (Å²) in [6.45, 7) is 5.85. The van der Waals surface area contributed by atoms with Crippen LogP contribution in [0.1, 0.15) is 46.0 Å². The summed E-state index contributed by atoms with van der Waals surface area (Å²) in [6, 6.07) is 0.0312. The first-order chi connectivity index (χ1) is 8.44. The van der Waals surface area contributed by atoms with Gasteiger partial charge in [-0.3, -0.25) is 0 Å². The van der Waals surface area contributed by atoms with E-state index in [1.165, 1.54) is 19.3 Å². The molecule has 4 heteroatoms. The predicted molar refractivity (Wildman–Crippen MR) is 73.5 cm³/mol. The summed E-state index contributed by atoms with van der Waals surface area (Å²) in [4.78, 5) is 13.6. The number of amides is 2. The first-order valence-corrected chi connectivity index (χ1v) is 7.04. The molecule has 0 heterocycles. The number of hydrogen-bond acceptors (Lipinski definition) is 2. The molecule has 0 spiro atoms. The van der Waals surface area contributed by atoms with Crippen molar-refractivity contribution in [2.75, 3.05) is 26.7 Å². The van der Waals surface area contributed by atoms with Crippen LogP contribution in [-0.4, -0.2) is 42.8 Å². The minimum Gasteiger partial charge on any atom is -0.396 e. The van der Waals surface area contributed by atoms with Gasteiger partial charge in [-0.2, -0.15) is 0 Å². The number of rotatable bonds is 7. The van der Waals surface area contributed by atoms with Crippen LogP contribution in [0.15, 0.2) is 0 Å². The Hall–Kier alpha value is -0.770. The summed E-state index contributed by atoms with van der Waals surface area (Å²) >= 11 is 0. The number of urea groups is 1. The van der Waals surface area contributed by atoms with Gasteiger partial charge in [0.05, 0.1) is 0 Å². The van der Waals surface area contributed by atoms with Crippen molar-refractivity contribution in [3.63, 3.8) is 0 Å². The highest BCUT2D eigenvalue weighted by molar-refractivity contribution is 5.73. The van der Waals surface area contributed by atoms with Crippen molar-refractivity contribution in [1.82, 2.24) is 10.2 Å². The summed E-state index contributed by atoms with van der Waals surface area (Å²) in [5.74, 6) is 0.717. The van der Waals surface area contributed by atoms with Crippen molar-refractivity contribution >= 4 is 6.03 Å². The van der Waals surface area contributed by atoms with E-state index in [0.717, 1.165) is 19.4 Å². The van der Waals surface area contributed by atoms with Crippen LogP contribution in [0.5, 0.6) is 0 Å². The lowest BCUT2D eigenvalue weighted by Gasteiger charge is -2.30. The zero-order valence-electron chi connectivity index (χ0n) is 12.0. The first kappa shape index (κ1) is 15.3. The maximum absolute atomic E-state index is 11.8. The highest BCUT2D eigenvalue weighted by atomic mass is 16.3. The van der Waals surface area contributed by atoms with Crippen LogP contribution >= 0.6 is 0 Å². The Kier molecular flexibility index (Phi) is 5.93. The van der Waals surface area contributed by atoms with Gasteiger partial charge in [0.25, 0.3) is 0 Å². The zero-order chi connectivity index (χ0) is 13.6. The monoisotopic (exact) mass is 256 g/mol. The van der Waals surface area contributed by atoms with E-state index in [1.807, 2.05) is 20.9 Å². The molecule has 1 aliphatic carbocycles. The molecule has 2 N–H and O–H groups in total. The molecule has 4 nitrogen and oxygen atoms in total. The first-order valence-electron chi connectivity index (χ1n) is 7.04. The third-order valence-corrected chi connectivity index (χ3v) is 3.84. The Morgan fingerprint density at radius 3 is 2.61 bits per heavy atom. The third-order valence-electron chi connectivity index (χ3n) is 3.84. The lowest BCUT2D eigenvalue weighted by Crippen LogP contribution is -2.41. The maximum atomic E-state index is 11.8. The standard InChI is InChI=1S/C14H28N2O2/c1-14(2,11-17)8-5-9-15-13(18)16(3)10-12-6-4-7-12/h12,17H,4-11H2,1-3H3,(H,15,18). The highest BCUT2D eigenvalue weighted by Crippen LogP contribution is 2.26. The number of nitrogens with zero attached hydrogens (tertiary/aromatic N) is 1. The predicted octanol–water partition coefficient (Wildman–Crippen LogP) is 2.23. The Bertz CT molecular complexity index is 263. The van der Waals surface area contributed by atoms with Crippen LogP contribution in [0.25, 0.3) is 0 Å². The summed E-state index contributed by atoms with van der Waals surface area (Å²) in [5.41, 5.74) is -0.0391. The van der Waals surface area contributed by atoms with Gasteiger partial charge in [-0.25, -0.2) is 4.79 Å². The minimum absolute atomic E-state index is 0.0312. The fourth-order valence-corrected chi connectivity index (χ4v) is 2.12. The molecule has 0 unspecified atom stereocenters. The van der Waals surface area contributed by atoms with E-state index < -0.39 is 0 Å². The topological polar surface area (TPSA) is 52.6 Å². The molecule has 0 aromatic heterocycles. The van der Waals surface area contributed by atoms with Crippen LogP contribution in [0.4, 0.5) is 4.79 Å². The average molecular weight is 256 g/mol. The molecule has 106 valence electrons.